The lowest BCUT2D eigenvalue weighted by atomic mass is 10.1. The zero-order valence-corrected chi connectivity index (χ0v) is 8.38. The molecule has 1 atom stereocenters. The van der Waals surface area contributed by atoms with Gasteiger partial charge < -0.3 is 4.90 Å². The number of hydrogen-bond donors (Lipinski definition) is 0. The Morgan fingerprint density at radius 1 is 1.33 bits per heavy atom. The fourth-order valence-electron chi connectivity index (χ4n) is 1.06. The maximum absolute atomic E-state index is 12.2. The van der Waals surface area contributed by atoms with Crippen molar-refractivity contribution < 1.29 is 13.2 Å². The summed E-state index contributed by atoms with van der Waals surface area (Å²) < 4.78 is 36.7. The molecule has 0 saturated carbocycles. The van der Waals surface area contributed by atoms with Gasteiger partial charge in [-0.3, -0.25) is 0 Å². The van der Waals surface area contributed by atoms with Crippen molar-refractivity contribution in [1.29, 1.82) is 10.5 Å². The standard InChI is InChI=1S/C9H12F3N3/c1-2-15(5-3-4-13)7-8(6-14)9(10,11)12/h8H,2-3,5,7H2,1H3. The number of hydrogen-bond acceptors (Lipinski definition) is 3. The van der Waals surface area contributed by atoms with Gasteiger partial charge in [-0.05, 0) is 6.54 Å². The molecule has 0 bridgehead atoms. The topological polar surface area (TPSA) is 50.8 Å². The molecule has 0 aliphatic heterocycles. The van der Waals surface area contributed by atoms with Gasteiger partial charge in [0, 0.05) is 19.5 Å². The summed E-state index contributed by atoms with van der Waals surface area (Å²) in [6.45, 7) is 2.00. The highest BCUT2D eigenvalue weighted by atomic mass is 19.4. The predicted octanol–water partition coefficient (Wildman–Crippen LogP) is 1.92. The van der Waals surface area contributed by atoms with Gasteiger partial charge in [0.1, 0.15) is 0 Å². The van der Waals surface area contributed by atoms with Gasteiger partial charge in [0.25, 0.3) is 0 Å². The maximum atomic E-state index is 12.2. The van der Waals surface area contributed by atoms with Gasteiger partial charge >= 0.3 is 6.18 Å². The normalized spacial score (nSPS) is 13.3. The largest absolute Gasteiger partial charge is 0.405 e. The van der Waals surface area contributed by atoms with Crippen LogP contribution in [0.2, 0.25) is 0 Å². The summed E-state index contributed by atoms with van der Waals surface area (Å²) in [5.41, 5.74) is 0. The molecule has 0 amide bonds. The summed E-state index contributed by atoms with van der Waals surface area (Å²) in [4.78, 5) is 1.45. The Bertz CT molecular complexity index is 261. The van der Waals surface area contributed by atoms with Crippen LogP contribution in [0, 0.1) is 28.6 Å². The van der Waals surface area contributed by atoms with Crippen LogP contribution in [0.25, 0.3) is 0 Å². The van der Waals surface area contributed by atoms with Crippen molar-refractivity contribution in [3.63, 3.8) is 0 Å². The van der Waals surface area contributed by atoms with Gasteiger partial charge in [-0.2, -0.15) is 23.7 Å². The van der Waals surface area contributed by atoms with Crippen molar-refractivity contribution in [2.45, 2.75) is 19.5 Å². The molecule has 0 aromatic heterocycles. The minimum Gasteiger partial charge on any atom is -0.301 e. The summed E-state index contributed by atoms with van der Waals surface area (Å²) in [5.74, 6) is -1.98. The Morgan fingerprint density at radius 2 is 1.93 bits per heavy atom. The molecule has 0 heterocycles. The second kappa shape index (κ2) is 6.26. The minimum absolute atomic E-state index is 0.170. The maximum Gasteiger partial charge on any atom is 0.405 e. The van der Waals surface area contributed by atoms with E-state index in [1.54, 1.807) is 6.92 Å². The highest BCUT2D eigenvalue weighted by Crippen LogP contribution is 2.26. The smallest absolute Gasteiger partial charge is 0.301 e. The van der Waals surface area contributed by atoms with Gasteiger partial charge in [-0.15, -0.1) is 0 Å². The monoisotopic (exact) mass is 219 g/mol. The highest BCUT2D eigenvalue weighted by Gasteiger charge is 2.40. The van der Waals surface area contributed by atoms with E-state index in [2.05, 4.69) is 0 Å². The summed E-state index contributed by atoms with van der Waals surface area (Å²) in [5, 5.41) is 16.7. The quantitative estimate of drug-likeness (QED) is 0.709. The number of nitrogens with zero attached hydrogens (tertiary/aromatic N) is 3. The summed E-state index contributed by atoms with van der Waals surface area (Å²) >= 11 is 0. The molecule has 0 aliphatic rings. The Balaban J connectivity index is 4.28. The zero-order chi connectivity index (χ0) is 11.9. The summed E-state index contributed by atoms with van der Waals surface area (Å²) in [6, 6.07) is 3.09. The van der Waals surface area contributed by atoms with Crippen molar-refractivity contribution in [2.75, 3.05) is 19.6 Å². The van der Waals surface area contributed by atoms with Crippen LogP contribution >= 0.6 is 0 Å². The molecule has 0 spiro atoms. The lowest BCUT2D eigenvalue weighted by Gasteiger charge is -2.23. The fourth-order valence-corrected chi connectivity index (χ4v) is 1.06. The second-order valence-corrected chi connectivity index (χ2v) is 3.02. The van der Waals surface area contributed by atoms with Crippen molar-refractivity contribution in [3.8, 4) is 12.1 Å². The molecule has 15 heavy (non-hydrogen) atoms. The van der Waals surface area contributed by atoms with Crippen LogP contribution in [-0.4, -0.2) is 30.7 Å². The third kappa shape index (κ3) is 5.24. The Labute approximate surface area is 86.7 Å². The SMILES string of the molecule is CCN(CCC#N)CC(C#N)C(F)(F)F. The van der Waals surface area contributed by atoms with E-state index in [0.29, 0.717) is 6.54 Å². The van der Waals surface area contributed by atoms with Crippen molar-refractivity contribution >= 4 is 0 Å². The molecule has 6 heteroatoms. The third-order valence-corrected chi connectivity index (χ3v) is 1.98. The minimum atomic E-state index is -4.49. The van der Waals surface area contributed by atoms with E-state index in [1.807, 2.05) is 6.07 Å². The van der Waals surface area contributed by atoms with Crippen LogP contribution in [0.1, 0.15) is 13.3 Å². The van der Waals surface area contributed by atoms with E-state index in [9.17, 15) is 13.2 Å². The first kappa shape index (κ1) is 13.7. The van der Waals surface area contributed by atoms with Crippen LogP contribution in [0.3, 0.4) is 0 Å². The molecule has 0 fully saturated rings. The first-order chi connectivity index (χ1) is 6.95. The average molecular weight is 219 g/mol. The highest BCUT2D eigenvalue weighted by molar-refractivity contribution is 4.90. The van der Waals surface area contributed by atoms with E-state index < -0.39 is 12.1 Å². The van der Waals surface area contributed by atoms with Crippen molar-refractivity contribution in [1.82, 2.24) is 4.90 Å². The molecule has 0 aromatic rings. The Kier molecular flexibility index (Phi) is 5.73. The third-order valence-electron chi connectivity index (χ3n) is 1.98. The number of alkyl halides is 3. The Morgan fingerprint density at radius 3 is 2.27 bits per heavy atom. The molecule has 0 aromatic carbocycles. The summed E-state index contributed by atoms with van der Waals surface area (Å²) in [7, 11) is 0. The molecule has 84 valence electrons. The number of rotatable bonds is 5. The zero-order valence-electron chi connectivity index (χ0n) is 8.38. The van der Waals surface area contributed by atoms with Gasteiger partial charge in [0.15, 0.2) is 5.92 Å². The molecule has 3 nitrogen and oxygen atoms in total. The van der Waals surface area contributed by atoms with E-state index >= 15 is 0 Å². The molecular formula is C9H12F3N3. The molecule has 0 saturated heterocycles. The van der Waals surface area contributed by atoms with E-state index in [-0.39, 0.29) is 19.5 Å². The van der Waals surface area contributed by atoms with Gasteiger partial charge in [0.2, 0.25) is 0 Å². The van der Waals surface area contributed by atoms with E-state index in [0.717, 1.165) is 0 Å². The first-order valence-corrected chi connectivity index (χ1v) is 4.51. The van der Waals surface area contributed by atoms with Crippen molar-refractivity contribution in [3.05, 3.63) is 0 Å². The molecule has 0 aliphatic carbocycles. The lowest BCUT2D eigenvalue weighted by molar-refractivity contribution is -0.163. The van der Waals surface area contributed by atoms with Gasteiger partial charge in [0.05, 0.1) is 12.1 Å². The molecular weight excluding hydrogens is 207 g/mol. The molecule has 0 radical (unpaired) electrons. The average Bonchev–Trinajstić information content (AvgIpc) is 2.16. The molecule has 1 unspecified atom stereocenters. The number of halogens is 3. The van der Waals surface area contributed by atoms with Crippen molar-refractivity contribution in [2.24, 2.45) is 5.92 Å². The van der Waals surface area contributed by atoms with Crippen LogP contribution in [0.4, 0.5) is 13.2 Å². The first-order valence-electron chi connectivity index (χ1n) is 4.51. The van der Waals surface area contributed by atoms with E-state index in [4.69, 9.17) is 10.5 Å². The fraction of sp³-hybridized carbons (Fsp3) is 0.778. The van der Waals surface area contributed by atoms with Gasteiger partial charge in [-0.1, -0.05) is 6.92 Å². The van der Waals surface area contributed by atoms with Gasteiger partial charge in [-0.25, -0.2) is 0 Å². The summed E-state index contributed by atoms with van der Waals surface area (Å²) in [6.07, 6.45) is -4.32. The molecule has 0 N–H and O–H groups in total. The van der Waals surface area contributed by atoms with Crippen LogP contribution in [-0.2, 0) is 0 Å². The lowest BCUT2D eigenvalue weighted by Crippen LogP contribution is -2.36. The predicted molar refractivity (Wildman–Crippen MR) is 47.5 cm³/mol. The molecule has 0 rings (SSSR count). The Hall–Kier alpha value is -1.27. The van der Waals surface area contributed by atoms with Crippen LogP contribution < -0.4 is 0 Å². The second-order valence-electron chi connectivity index (χ2n) is 3.02. The van der Waals surface area contributed by atoms with E-state index in [1.165, 1.54) is 11.0 Å². The van der Waals surface area contributed by atoms with Crippen LogP contribution in [0.5, 0.6) is 0 Å². The van der Waals surface area contributed by atoms with Crippen LogP contribution in [0.15, 0.2) is 0 Å². The number of nitriles is 2.